The van der Waals surface area contributed by atoms with E-state index in [1.54, 1.807) is 24.5 Å². The summed E-state index contributed by atoms with van der Waals surface area (Å²) in [7, 11) is 0. The molecule has 0 radical (unpaired) electrons. The summed E-state index contributed by atoms with van der Waals surface area (Å²) in [6, 6.07) is 17.2. The standard InChI is InChI=1S/C25H23N3O3S/c1-3-16(2)18-8-12-22-21(15-18)27-24(31-22)17-6-9-19(10-7-17)26-25(32)28-23(29)13-11-20-5-4-14-30-20/h4-16H,3H2,1-2H3,(H2,26,28,29,32)/b13-11+/t16-/m1/s1. The van der Waals surface area contributed by atoms with Crippen LogP contribution in [0, 0.1) is 0 Å². The number of fused-ring (bicyclic) bond motifs is 1. The number of rotatable bonds is 6. The van der Waals surface area contributed by atoms with E-state index >= 15 is 0 Å². The summed E-state index contributed by atoms with van der Waals surface area (Å²) in [5, 5.41) is 5.79. The Morgan fingerprint density at radius 1 is 1.19 bits per heavy atom. The Morgan fingerprint density at radius 2 is 2.00 bits per heavy atom. The molecule has 1 amide bonds. The normalized spacial score (nSPS) is 12.2. The second-order valence-corrected chi connectivity index (χ2v) is 7.83. The molecule has 0 aliphatic rings. The van der Waals surface area contributed by atoms with E-state index in [0.29, 0.717) is 17.6 Å². The number of furan rings is 1. The Labute approximate surface area is 191 Å². The number of aromatic nitrogens is 1. The van der Waals surface area contributed by atoms with E-state index < -0.39 is 0 Å². The number of carbonyl (C=O) groups is 1. The highest BCUT2D eigenvalue weighted by atomic mass is 32.1. The van der Waals surface area contributed by atoms with E-state index in [0.717, 1.165) is 28.8 Å². The van der Waals surface area contributed by atoms with E-state index in [-0.39, 0.29) is 11.0 Å². The summed E-state index contributed by atoms with van der Waals surface area (Å²) in [5.41, 5.74) is 4.47. The second-order valence-electron chi connectivity index (χ2n) is 7.42. The Morgan fingerprint density at radius 3 is 2.72 bits per heavy atom. The van der Waals surface area contributed by atoms with Crippen LogP contribution in [0.4, 0.5) is 5.69 Å². The smallest absolute Gasteiger partial charge is 0.250 e. The van der Waals surface area contributed by atoms with Gasteiger partial charge in [0.15, 0.2) is 10.7 Å². The lowest BCUT2D eigenvalue weighted by atomic mass is 9.98. The Kier molecular flexibility index (Phi) is 6.47. The quantitative estimate of drug-likeness (QED) is 0.275. The van der Waals surface area contributed by atoms with E-state index in [1.165, 1.54) is 11.6 Å². The van der Waals surface area contributed by atoms with Gasteiger partial charge in [0.05, 0.1) is 6.26 Å². The van der Waals surface area contributed by atoms with Crippen LogP contribution in [0.2, 0.25) is 0 Å². The molecule has 0 aliphatic heterocycles. The maximum Gasteiger partial charge on any atom is 0.250 e. The van der Waals surface area contributed by atoms with Crippen LogP contribution < -0.4 is 10.6 Å². The fourth-order valence-electron chi connectivity index (χ4n) is 3.17. The first-order valence-corrected chi connectivity index (χ1v) is 10.8. The first-order chi connectivity index (χ1) is 15.5. The van der Waals surface area contributed by atoms with E-state index in [2.05, 4.69) is 41.6 Å². The van der Waals surface area contributed by atoms with Gasteiger partial charge in [-0.2, -0.15) is 0 Å². The van der Waals surface area contributed by atoms with Gasteiger partial charge in [-0.05, 0) is 84.7 Å². The van der Waals surface area contributed by atoms with Crippen molar-refractivity contribution in [1.82, 2.24) is 10.3 Å². The minimum absolute atomic E-state index is 0.200. The van der Waals surface area contributed by atoms with Crippen molar-refractivity contribution in [2.24, 2.45) is 0 Å². The predicted octanol–water partition coefficient (Wildman–Crippen LogP) is 6.13. The zero-order valence-electron chi connectivity index (χ0n) is 17.8. The number of thiocarbonyl (C=S) groups is 1. The molecule has 0 spiro atoms. The van der Waals surface area contributed by atoms with Crippen LogP contribution in [0.5, 0.6) is 0 Å². The number of amides is 1. The molecule has 2 aromatic carbocycles. The van der Waals surface area contributed by atoms with Gasteiger partial charge in [0.25, 0.3) is 0 Å². The van der Waals surface area contributed by atoms with Crippen molar-refractivity contribution in [2.45, 2.75) is 26.2 Å². The lowest BCUT2D eigenvalue weighted by Crippen LogP contribution is -2.32. The molecule has 1 atom stereocenters. The van der Waals surface area contributed by atoms with Gasteiger partial charge in [-0.1, -0.05) is 19.9 Å². The molecule has 0 fully saturated rings. The highest BCUT2D eigenvalue weighted by molar-refractivity contribution is 7.80. The molecule has 2 heterocycles. The van der Waals surface area contributed by atoms with Crippen LogP contribution in [-0.4, -0.2) is 16.0 Å². The number of nitrogens with zero attached hydrogens (tertiary/aromatic N) is 1. The average molecular weight is 446 g/mol. The van der Waals surface area contributed by atoms with Crippen LogP contribution in [0.3, 0.4) is 0 Å². The molecule has 32 heavy (non-hydrogen) atoms. The maximum absolute atomic E-state index is 12.0. The molecule has 2 aromatic heterocycles. The summed E-state index contributed by atoms with van der Waals surface area (Å²) >= 11 is 5.21. The van der Waals surface area contributed by atoms with Crippen molar-refractivity contribution in [3.05, 3.63) is 78.3 Å². The molecule has 4 aromatic rings. The Bertz CT molecular complexity index is 1260. The minimum Gasteiger partial charge on any atom is -0.465 e. The molecular formula is C25H23N3O3S. The molecule has 0 saturated heterocycles. The van der Waals surface area contributed by atoms with E-state index in [4.69, 9.17) is 21.1 Å². The highest BCUT2D eigenvalue weighted by Crippen LogP contribution is 2.28. The molecule has 162 valence electrons. The van der Waals surface area contributed by atoms with Gasteiger partial charge in [-0.15, -0.1) is 0 Å². The molecule has 0 unspecified atom stereocenters. The molecule has 6 nitrogen and oxygen atoms in total. The minimum atomic E-state index is -0.348. The van der Waals surface area contributed by atoms with Crippen molar-refractivity contribution in [1.29, 1.82) is 0 Å². The lowest BCUT2D eigenvalue weighted by molar-refractivity contribution is -0.115. The fourth-order valence-corrected chi connectivity index (χ4v) is 3.38. The first-order valence-electron chi connectivity index (χ1n) is 10.4. The monoisotopic (exact) mass is 445 g/mol. The lowest BCUT2D eigenvalue weighted by Gasteiger charge is -2.08. The van der Waals surface area contributed by atoms with Gasteiger partial charge in [-0.25, -0.2) is 4.98 Å². The van der Waals surface area contributed by atoms with Crippen molar-refractivity contribution in [3.63, 3.8) is 0 Å². The fraction of sp³-hybridized carbons (Fsp3) is 0.160. The zero-order valence-corrected chi connectivity index (χ0v) is 18.6. The predicted molar refractivity (Wildman–Crippen MR) is 130 cm³/mol. The summed E-state index contributed by atoms with van der Waals surface area (Å²) in [6.07, 6.45) is 5.54. The number of carbonyl (C=O) groups excluding carboxylic acids is 1. The van der Waals surface area contributed by atoms with Gasteiger partial charge < -0.3 is 14.2 Å². The van der Waals surface area contributed by atoms with Crippen LogP contribution in [0.25, 0.3) is 28.6 Å². The van der Waals surface area contributed by atoms with Gasteiger partial charge >= 0.3 is 0 Å². The summed E-state index contributed by atoms with van der Waals surface area (Å²) in [4.78, 5) is 16.6. The molecule has 0 aliphatic carbocycles. The summed E-state index contributed by atoms with van der Waals surface area (Å²) < 4.78 is 11.1. The number of nitrogens with one attached hydrogen (secondary N) is 2. The summed E-state index contributed by atoms with van der Waals surface area (Å²) in [6.45, 7) is 4.38. The Hall–Kier alpha value is -3.71. The Balaban J connectivity index is 1.39. The number of anilines is 1. The number of hydrogen-bond donors (Lipinski definition) is 2. The second kappa shape index (κ2) is 9.62. The highest BCUT2D eigenvalue weighted by Gasteiger charge is 2.11. The van der Waals surface area contributed by atoms with Gasteiger partial charge in [0, 0.05) is 17.3 Å². The molecule has 7 heteroatoms. The molecule has 2 N–H and O–H groups in total. The van der Waals surface area contributed by atoms with Crippen LogP contribution in [0.1, 0.15) is 37.5 Å². The third kappa shape index (κ3) is 5.12. The van der Waals surface area contributed by atoms with Gasteiger partial charge in [0.1, 0.15) is 11.3 Å². The molecule has 0 saturated carbocycles. The van der Waals surface area contributed by atoms with Crippen LogP contribution in [-0.2, 0) is 4.79 Å². The largest absolute Gasteiger partial charge is 0.465 e. The van der Waals surface area contributed by atoms with E-state index in [1.807, 2.05) is 30.3 Å². The molecule has 0 bridgehead atoms. The van der Waals surface area contributed by atoms with Crippen LogP contribution >= 0.6 is 12.2 Å². The van der Waals surface area contributed by atoms with Crippen molar-refractivity contribution >= 4 is 46.1 Å². The topological polar surface area (TPSA) is 80.3 Å². The zero-order chi connectivity index (χ0) is 22.5. The third-order valence-corrected chi connectivity index (χ3v) is 5.37. The third-order valence-electron chi connectivity index (χ3n) is 5.16. The van der Waals surface area contributed by atoms with Crippen LogP contribution in [0.15, 0.2) is 75.8 Å². The maximum atomic E-state index is 12.0. The van der Waals surface area contributed by atoms with Crippen molar-refractivity contribution in [2.75, 3.05) is 5.32 Å². The van der Waals surface area contributed by atoms with Gasteiger partial charge in [-0.3, -0.25) is 10.1 Å². The van der Waals surface area contributed by atoms with Crippen molar-refractivity contribution in [3.8, 4) is 11.5 Å². The summed E-state index contributed by atoms with van der Waals surface area (Å²) in [5.74, 6) is 1.28. The van der Waals surface area contributed by atoms with Crippen molar-refractivity contribution < 1.29 is 13.6 Å². The number of oxazole rings is 1. The molecule has 4 rings (SSSR count). The number of hydrogen-bond acceptors (Lipinski definition) is 5. The molecular weight excluding hydrogens is 422 g/mol. The van der Waals surface area contributed by atoms with Gasteiger partial charge in [0.2, 0.25) is 11.8 Å². The average Bonchev–Trinajstić information content (AvgIpc) is 3.46. The number of benzene rings is 2. The van der Waals surface area contributed by atoms with E-state index in [9.17, 15) is 4.79 Å². The first kappa shape index (κ1) is 21.5. The SMILES string of the molecule is CC[C@@H](C)c1ccc2oc(-c3ccc(NC(=S)NC(=O)/C=C/c4ccco4)cc3)nc2c1.